The van der Waals surface area contributed by atoms with Gasteiger partial charge >= 0.3 is 0 Å². The molecule has 2 aromatic rings. The molecule has 1 aliphatic rings. The smallest absolute Gasteiger partial charge is 0.251 e. The van der Waals surface area contributed by atoms with E-state index in [-0.39, 0.29) is 11.9 Å². The van der Waals surface area contributed by atoms with Gasteiger partial charge in [0.25, 0.3) is 5.91 Å². The van der Waals surface area contributed by atoms with Crippen LogP contribution < -0.4 is 14.8 Å². The van der Waals surface area contributed by atoms with Crippen molar-refractivity contribution in [1.29, 1.82) is 0 Å². The summed E-state index contributed by atoms with van der Waals surface area (Å²) < 4.78 is 12.8. The average Bonchev–Trinajstić information content (AvgIpc) is 3.04. The zero-order valence-corrected chi connectivity index (χ0v) is 14.5. The predicted molar refractivity (Wildman–Crippen MR) is 91.0 cm³/mol. The van der Waals surface area contributed by atoms with Gasteiger partial charge in [-0.15, -0.1) is 0 Å². The van der Waals surface area contributed by atoms with Crippen LogP contribution in [-0.2, 0) is 13.0 Å². The number of benzene rings is 1. The molecule has 0 saturated heterocycles. The molecule has 24 heavy (non-hydrogen) atoms. The first kappa shape index (κ1) is 16.6. The summed E-state index contributed by atoms with van der Waals surface area (Å²) in [7, 11) is 1.53. The molecule has 1 amide bonds. The molecule has 1 N–H and O–H groups in total. The molecule has 0 radical (unpaired) electrons. The van der Waals surface area contributed by atoms with Crippen LogP contribution in [0.25, 0.3) is 0 Å². The number of hydrogen-bond donors (Lipinski definition) is 1. The number of nitrogens with one attached hydrogen (secondary N) is 1. The number of halogens is 1. The fourth-order valence-electron chi connectivity index (χ4n) is 2.89. The van der Waals surface area contributed by atoms with E-state index >= 15 is 0 Å². The standard InChI is InChI=1S/C17H20ClN3O3/c1-3-24-16-13(18)8-11(9-14(16)23-2)17(22)20-12-4-5-15-19-6-7-21(15)10-12/h6-9,12H,3-5,10H2,1-2H3,(H,20,22). The molecular weight excluding hydrogens is 330 g/mol. The van der Waals surface area contributed by atoms with Gasteiger partial charge < -0.3 is 19.4 Å². The van der Waals surface area contributed by atoms with Gasteiger partial charge in [-0.1, -0.05) is 11.6 Å². The van der Waals surface area contributed by atoms with E-state index in [1.165, 1.54) is 7.11 Å². The Morgan fingerprint density at radius 2 is 2.33 bits per heavy atom. The number of imidazole rings is 1. The van der Waals surface area contributed by atoms with Crippen LogP contribution in [-0.4, -0.2) is 35.2 Å². The maximum atomic E-state index is 12.6. The molecule has 128 valence electrons. The van der Waals surface area contributed by atoms with E-state index in [9.17, 15) is 4.79 Å². The molecule has 3 rings (SSSR count). The van der Waals surface area contributed by atoms with Gasteiger partial charge in [-0.2, -0.15) is 0 Å². The highest BCUT2D eigenvalue weighted by atomic mass is 35.5. The monoisotopic (exact) mass is 349 g/mol. The predicted octanol–water partition coefficient (Wildman–Crippen LogP) is 2.69. The highest BCUT2D eigenvalue weighted by Gasteiger charge is 2.22. The summed E-state index contributed by atoms with van der Waals surface area (Å²) in [6.07, 6.45) is 5.44. The lowest BCUT2D eigenvalue weighted by Crippen LogP contribution is -2.40. The topological polar surface area (TPSA) is 65.4 Å². The van der Waals surface area contributed by atoms with Crippen molar-refractivity contribution in [3.05, 3.63) is 40.9 Å². The lowest BCUT2D eigenvalue weighted by Gasteiger charge is -2.25. The zero-order chi connectivity index (χ0) is 17.1. The van der Waals surface area contributed by atoms with Gasteiger partial charge in [0.15, 0.2) is 11.5 Å². The maximum absolute atomic E-state index is 12.6. The Morgan fingerprint density at radius 1 is 1.50 bits per heavy atom. The number of aryl methyl sites for hydroxylation is 1. The van der Waals surface area contributed by atoms with Crippen LogP contribution in [0.15, 0.2) is 24.5 Å². The molecule has 1 aromatic carbocycles. The maximum Gasteiger partial charge on any atom is 0.251 e. The van der Waals surface area contributed by atoms with Crippen molar-refractivity contribution in [2.45, 2.75) is 32.4 Å². The van der Waals surface area contributed by atoms with Crippen LogP contribution in [0.5, 0.6) is 11.5 Å². The second kappa shape index (κ2) is 7.13. The third-order valence-corrected chi connectivity index (χ3v) is 4.33. The Labute approximate surface area is 145 Å². The second-order valence-electron chi connectivity index (χ2n) is 5.63. The van der Waals surface area contributed by atoms with Crippen LogP contribution in [0, 0.1) is 0 Å². The number of fused-ring (bicyclic) bond motifs is 1. The zero-order valence-electron chi connectivity index (χ0n) is 13.7. The Kier molecular flexibility index (Phi) is 4.94. The first-order valence-electron chi connectivity index (χ1n) is 7.93. The molecule has 1 aromatic heterocycles. The van der Waals surface area contributed by atoms with Gasteiger partial charge in [0.2, 0.25) is 0 Å². The number of ether oxygens (including phenoxy) is 2. The lowest BCUT2D eigenvalue weighted by molar-refractivity contribution is 0.0927. The molecular formula is C17H20ClN3O3. The molecule has 0 fully saturated rings. The number of carbonyl (C=O) groups excluding carboxylic acids is 1. The molecule has 7 heteroatoms. The molecule has 0 bridgehead atoms. The number of hydrogen-bond acceptors (Lipinski definition) is 4. The number of aromatic nitrogens is 2. The van der Waals surface area contributed by atoms with E-state index in [0.29, 0.717) is 28.7 Å². The second-order valence-corrected chi connectivity index (χ2v) is 6.03. The summed E-state index contributed by atoms with van der Waals surface area (Å²) in [6, 6.07) is 3.32. The largest absolute Gasteiger partial charge is 0.493 e. The minimum Gasteiger partial charge on any atom is -0.493 e. The van der Waals surface area contributed by atoms with Crippen molar-refractivity contribution < 1.29 is 14.3 Å². The highest BCUT2D eigenvalue weighted by molar-refractivity contribution is 6.32. The summed E-state index contributed by atoms with van der Waals surface area (Å²) in [5.41, 5.74) is 0.455. The first-order chi connectivity index (χ1) is 11.6. The van der Waals surface area contributed by atoms with Crippen molar-refractivity contribution in [2.24, 2.45) is 0 Å². The third-order valence-electron chi connectivity index (χ3n) is 4.05. The number of methoxy groups -OCH3 is 1. The molecule has 0 aliphatic carbocycles. The first-order valence-corrected chi connectivity index (χ1v) is 8.31. The van der Waals surface area contributed by atoms with E-state index in [4.69, 9.17) is 21.1 Å². The SMILES string of the molecule is CCOc1c(Cl)cc(C(=O)NC2CCc3nccn3C2)cc1OC. The quantitative estimate of drug-likeness (QED) is 0.901. The molecule has 6 nitrogen and oxygen atoms in total. The summed E-state index contributed by atoms with van der Waals surface area (Å²) in [5, 5.41) is 3.42. The van der Waals surface area contributed by atoms with Crippen LogP contribution in [0.1, 0.15) is 29.5 Å². The van der Waals surface area contributed by atoms with Gasteiger partial charge in [0, 0.05) is 37.0 Å². The highest BCUT2D eigenvalue weighted by Crippen LogP contribution is 2.36. The number of carbonyl (C=O) groups is 1. The van der Waals surface area contributed by atoms with Crippen LogP contribution in [0.4, 0.5) is 0 Å². The number of amides is 1. The lowest BCUT2D eigenvalue weighted by atomic mass is 10.1. The van der Waals surface area contributed by atoms with Crippen LogP contribution in [0.2, 0.25) is 5.02 Å². The normalized spacial score (nSPS) is 16.4. The van der Waals surface area contributed by atoms with Crippen molar-refractivity contribution in [3.63, 3.8) is 0 Å². The van der Waals surface area contributed by atoms with E-state index in [2.05, 4.69) is 14.9 Å². The molecule has 2 heterocycles. The summed E-state index contributed by atoms with van der Waals surface area (Å²) in [6.45, 7) is 3.06. The summed E-state index contributed by atoms with van der Waals surface area (Å²) in [4.78, 5) is 16.9. The van der Waals surface area contributed by atoms with Gasteiger partial charge in [-0.3, -0.25) is 4.79 Å². The molecule has 1 aliphatic heterocycles. The van der Waals surface area contributed by atoms with Crippen LogP contribution >= 0.6 is 11.6 Å². The fourth-order valence-corrected chi connectivity index (χ4v) is 3.15. The Hall–Kier alpha value is -2.21. The minimum absolute atomic E-state index is 0.0653. The number of rotatable bonds is 5. The van der Waals surface area contributed by atoms with Crippen molar-refractivity contribution in [3.8, 4) is 11.5 Å². The van der Waals surface area contributed by atoms with E-state index in [1.54, 1.807) is 18.3 Å². The molecule has 1 unspecified atom stereocenters. The van der Waals surface area contributed by atoms with Gasteiger partial charge in [0.1, 0.15) is 5.82 Å². The van der Waals surface area contributed by atoms with E-state index in [1.807, 2.05) is 13.1 Å². The van der Waals surface area contributed by atoms with Crippen molar-refractivity contribution in [1.82, 2.24) is 14.9 Å². The number of nitrogens with zero attached hydrogens (tertiary/aromatic N) is 2. The van der Waals surface area contributed by atoms with Gasteiger partial charge in [-0.05, 0) is 25.5 Å². The summed E-state index contributed by atoms with van der Waals surface area (Å²) >= 11 is 6.23. The third kappa shape index (κ3) is 3.33. The van der Waals surface area contributed by atoms with Crippen molar-refractivity contribution in [2.75, 3.05) is 13.7 Å². The van der Waals surface area contributed by atoms with E-state index < -0.39 is 0 Å². The Bertz CT molecular complexity index is 745. The fraction of sp³-hybridized carbons (Fsp3) is 0.412. The minimum atomic E-state index is -0.174. The molecule has 0 saturated carbocycles. The van der Waals surface area contributed by atoms with Crippen LogP contribution in [0.3, 0.4) is 0 Å². The van der Waals surface area contributed by atoms with Gasteiger partial charge in [0.05, 0.1) is 18.7 Å². The summed E-state index contributed by atoms with van der Waals surface area (Å²) in [5.74, 6) is 1.80. The van der Waals surface area contributed by atoms with Gasteiger partial charge in [-0.25, -0.2) is 4.98 Å². The Morgan fingerprint density at radius 3 is 3.08 bits per heavy atom. The Balaban J connectivity index is 1.74. The van der Waals surface area contributed by atoms with E-state index in [0.717, 1.165) is 25.2 Å². The average molecular weight is 350 g/mol. The van der Waals surface area contributed by atoms with Crippen molar-refractivity contribution >= 4 is 17.5 Å². The molecule has 1 atom stereocenters. The molecule has 0 spiro atoms.